The Morgan fingerprint density at radius 2 is 2.21 bits per heavy atom. The Labute approximate surface area is 89.9 Å². The van der Waals surface area contributed by atoms with Gasteiger partial charge in [0.15, 0.2) is 0 Å². The number of aliphatic imine (C=N–C) groups is 2. The molecule has 1 aliphatic heterocycles. The molecule has 3 heteroatoms. The van der Waals surface area contributed by atoms with Crippen LogP contribution in [0.15, 0.2) is 33.2 Å². The maximum atomic E-state index is 4.35. The molecule has 0 aromatic rings. The highest BCUT2D eigenvalue weighted by Gasteiger charge is 2.04. The Kier molecular flexibility index (Phi) is 4.14. The van der Waals surface area contributed by atoms with Gasteiger partial charge in [-0.2, -0.15) is 0 Å². The first-order chi connectivity index (χ1) is 6.59. The van der Waals surface area contributed by atoms with Crippen molar-refractivity contribution in [2.45, 2.75) is 26.8 Å². The van der Waals surface area contributed by atoms with Crippen LogP contribution in [0.4, 0.5) is 0 Å². The molecular formula is C11H16N2S. The molecule has 1 heterocycles. The van der Waals surface area contributed by atoms with Crippen LogP contribution in [0.2, 0.25) is 0 Å². The smallest absolute Gasteiger partial charge is 0.0944 e. The second-order valence-electron chi connectivity index (χ2n) is 3.59. The Morgan fingerprint density at radius 1 is 1.50 bits per heavy atom. The van der Waals surface area contributed by atoms with Crippen LogP contribution in [-0.4, -0.2) is 17.8 Å². The van der Waals surface area contributed by atoms with Crippen molar-refractivity contribution in [1.29, 1.82) is 0 Å². The van der Waals surface area contributed by atoms with E-state index in [0.29, 0.717) is 5.92 Å². The molecule has 1 rings (SSSR count). The van der Waals surface area contributed by atoms with Gasteiger partial charge in [-0.15, -0.1) is 0 Å². The van der Waals surface area contributed by atoms with Crippen molar-refractivity contribution in [3.63, 3.8) is 0 Å². The lowest BCUT2D eigenvalue weighted by atomic mass is 10.0. The minimum absolute atomic E-state index is 0.220. The summed E-state index contributed by atoms with van der Waals surface area (Å²) in [6, 6.07) is 0.220. The SMILES string of the molecule is C=C1/N=C\C(C(C)C)=C/C(C)/N=C\S1. The molecule has 0 radical (unpaired) electrons. The predicted molar refractivity (Wildman–Crippen MR) is 66.1 cm³/mol. The molecule has 1 aliphatic rings. The average Bonchev–Trinajstić information content (AvgIpc) is 2.17. The molecule has 0 saturated heterocycles. The molecule has 14 heavy (non-hydrogen) atoms. The minimum Gasteiger partial charge on any atom is -0.279 e. The monoisotopic (exact) mass is 208 g/mol. The largest absolute Gasteiger partial charge is 0.279 e. The molecule has 0 N–H and O–H groups in total. The van der Waals surface area contributed by atoms with Crippen LogP contribution in [0, 0.1) is 5.92 Å². The molecule has 0 aromatic carbocycles. The standard InChI is InChI=1S/C11H16N2S/c1-8(2)11-5-9(3)13-7-14-10(4)12-6-11/h5-9H,4H2,1-3H3/b11-5+,12-6-,13-7-. The van der Waals surface area contributed by atoms with E-state index in [0.717, 1.165) is 5.03 Å². The molecule has 0 fully saturated rings. The molecule has 0 aromatic heterocycles. The maximum absolute atomic E-state index is 4.35. The van der Waals surface area contributed by atoms with Gasteiger partial charge in [0.25, 0.3) is 0 Å². The van der Waals surface area contributed by atoms with Gasteiger partial charge in [0, 0.05) is 6.21 Å². The first-order valence-electron chi connectivity index (χ1n) is 4.72. The third kappa shape index (κ3) is 3.50. The predicted octanol–water partition coefficient (Wildman–Crippen LogP) is 3.27. The van der Waals surface area contributed by atoms with E-state index in [2.05, 4.69) is 43.4 Å². The van der Waals surface area contributed by atoms with Crippen LogP contribution >= 0.6 is 11.8 Å². The minimum atomic E-state index is 0.220. The summed E-state index contributed by atoms with van der Waals surface area (Å²) in [5.41, 5.74) is 3.03. The summed E-state index contributed by atoms with van der Waals surface area (Å²) in [4.78, 5) is 8.61. The summed E-state index contributed by atoms with van der Waals surface area (Å²) in [7, 11) is 0. The average molecular weight is 208 g/mol. The number of allylic oxidation sites excluding steroid dienone is 1. The van der Waals surface area contributed by atoms with Crippen molar-refractivity contribution in [2.24, 2.45) is 15.9 Å². The molecule has 76 valence electrons. The van der Waals surface area contributed by atoms with Crippen molar-refractivity contribution in [1.82, 2.24) is 0 Å². The Morgan fingerprint density at radius 3 is 2.86 bits per heavy atom. The normalized spacial score (nSPS) is 31.3. The highest BCUT2D eigenvalue weighted by atomic mass is 32.2. The summed E-state index contributed by atoms with van der Waals surface area (Å²) in [5.74, 6) is 0.479. The van der Waals surface area contributed by atoms with Gasteiger partial charge in [-0.05, 0) is 18.4 Å². The lowest BCUT2D eigenvalue weighted by Crippen LogP contribution is -2.01. The summed E-state index contributed by atoms with van der Waals surface area (Å²) >= 11 is 1.47. The number of rotatable bonds is 1. The molecular weight excluding hydrogens is 192 g/mol. The van der Waals surface area contributed by atoms with Crippen molar-refractivity contribution < 1.29 is 0 Å². The third-order valence-electron chi connectivity index (χ3n) is 1.94. The molecule has 0 amide bonds. The zero-order chi connectivity index (χ0) is 10.6. The first-order valence-corrected chi connectivity index (χ1v) is 5.60. The van der Waals surface area contributed by atoms with E-state index in [1.54, 1.807) is 0 Å². The fourth-order valence-electron chi connectivity index (χ4n) is 1.07. The van der Waals surface area contributed by atoms with Gasteiger partial charge < -0.3 is 0 Å². The van der Waals surface area contributed by atoms with E-state index in [9.17, 15) is 0 Å². The number of thioether (sulfide) groups is 1. The van der Waals surface area contributed by atoms with Crippen LogP contribution in [0.1, 0.15) is 20.8 Å². The zero-order valence-corrected chi connectivity index (χ0v) is 9.71. The van der Waals surface area contributed by atoms with Gasteiger partial charge in [-0.1, -0.05) is 38.3 Å². The van der Waals surface area contributed by atoms with Crippen molar-refractivity contribution >= 4 is 23.5 Å². The molecule has 1 unspecified atom stereocenters. The van der Waals surface area contributed by atoms with Gasteiger partial charge in [0.2, 0.25) is 0 Å². The second kappa shape index (κ2) is 5.15. The van der Waals surface area contributed by atoms with Crippen LogP contribution in [0.25, 0.3) is 0 Å². The highest BCUT2D eigenvalue weighted by Crippen LogP contribution is 2.17. The maximum Gasteiger partial charge on any atom is 0.0944 e. The molecule has 0 aliphatic carbocycles. The van der Waals surface area contributed by atoms with E-state index >= 15 is 0 Å². The quantitative estimate of drug-likeness (QED) is 0.649. The Balaban J connectivity index is 2.94. The third-order valence-corrected chi connectivity index (χ3v) is 2.55. The van der Waals surface area contributed by atoms with Crippen molar-refractivity contribution in [3.05, 3.63) is 23.3 Å². The second-order valence-corrected chi connectivity index (χ2v) is 4.50. The van der Waals surface area contributed by atoms with Crippen LogP contribution in [0.5, 0.6) is 0 Å². The first kappa shape index (κ1) is 11.2. The van der Waals surface area contributed by atoms with Gasteiger partial charge in [-0.3, -0.25) is 4.99 Å². The lowest BCUT2D eigenvalue weighted by molar-refractivity contribution is 0.788. The lowest BCUT2D eigenvalue weighted by Gasteiger charge is -2.06. The van der Waals surface area contributed by atoms with Gasteiger partial charge in [0.1, 0.15) is 0 Å². The summed E-state index contributed by atoms with van der Waals surface area (Å²) in [5, 5.41) is 0.786. The number of hydrogen-bond acceptors (Lipinski definition) is 3. The van der Waals surface area contributed by atoms with Crippen LogP contribution in [0.3, 0.4) is 0 Å². The van der Waals surface area contributed by atoms with E-state index in [-0.39, 0.29) is 6.04 Å². The summed E-state index contributed by atoms with van der Waals surface area (Å²) in [6.45, 7) is 10.2. The van der Waals surface area contributed by atoms with Crippen LogP contribution in [-0.2, 0) is 0 Å². The van der Waals surface area contributed by atoms with E-state index in [1.165, 1.54) is 17.3 Å². The molecule has 2 nitrogen and oxygen atoms in total. The zero-order valence-electron chi connectivity index (χ0n) is 8.90. The Hall–Kier alpha value is -0.830. The molecule has 0 saturated carbocycles. The molecule has 0 bridgehead atoms. The van der Waals surface area contributed by atoms with Gasteiger partial charge in [0.05, 0.1) is 16.6 Å². The van der Waals surface area contributed by atoms with E-state index in [1.807, 2.05) is 11.8 Å². The van der Waals surface area contributed by atoms with E-state index in [4.69, 9.17) is 0 Å². The fraction of sp³-hybridized carbons (Fsp3) is 0.455. The summed E-state index contributed by atoms with van der Waals surface area (Å²) < 4.78 is 0. The van der Waals surface area contributed by atoms with Gasteiger partial charge >= 0.3 is 0 Å². The summed E-state index contributed by atoms with van der Waals surface area (Å²) in [6.07, 6.45) is 4.04. The fourth-order valence-corrected chi connectivity index (χ4v) is 1.56. The van der Waals surface area contributed by atoms with Crippen LogP contribution < -0.4 is 0 Å². The molecule has 0 spiro atoms. The molecule has 1 atom stereocenters. The van der Waals surface area contributed by atoms with Crippen molar-refractivity contribution in [3.8, 4) is 0 Å². The van der Waals surface area contributed by atoms with E-state index < -0.39 is 0 Å². The number of hydrogen-bond donors (Lipinski definition) is 0. The highest BCUT2D eigenvalue weighted by molar-refractivity contribution is 8.15. The van der Waals surface area contributed by atoms with Gasteiger partial charge in [-0.25, -0.2) is 4.99 Å². The Bertz CT molecular complexity index is 300. The topological polar surface area (TPSA) is 24.7 Å². The van der Waals surface area contributed by atoms with Crippen molar-refractivity contribution in [2.75, 3.05) is 0 Å². The number of nitrogens with zero attached hydrogens (tertiary/aromatic N) is 2.